The molecule has 29 heavy (non-hydrogen) atoms. The molecule has 2 aliphatic carbocycles. The van der Waals surface area contributed by atoms with Crippen molar-refractivity contribution in [2.75, 3.05) is 26.3 Å². The Morgan fingerprint density at radius 2 is 1.93 bits per heavy atom. The Hall–Kier alpha value is -3.38. The lowest BCUT2D eigenvalue weighted by molar-refractivity contribution is 0.0392. The third-order valence-electron chi connectivity index (χ3n) is 5.83. The number of hydrogen-bond acceptors (Lipinski definition) is 5. The molecule has 0 aromatic heterocycles. The monoisotopic (exact) mass is 385 g/mol. The number of carbonyl (C=O) groups excluding carboxylic acids is 1. The Morgan fingerprint density at radius 3 is 2.83 bits per heavy atom. The van der Waals surface area contributed by atoms with Gasteiger partial charge in [-0.3, -0.25) is 9.80 Å². The van der Waals surface area contributed by atoms with Gasteiger partial charge in [0.05, 0.1) is 37.4 Å². The van der Waals surface area contributed by atoms with Gasteiger partial charge in [-0.25, -0.2) is 0 Å². The molecule has 1 aromatic rings. The van der Waals surface area contributed by atoms with Crippen LogP contribution in [0, 0.1) is 0 Å². The van der Waals surface area contributed by atoms with Gasteiger partial charge in [-0.1, -0.05) is 42.5 Å². The Balaban J connectivity index is 1.51. The molecular weight excluding hydrogens is 366 g/mol. The summed E-state index contributed by atoms with van der Waals surface area (Å²) in [6.07, 6.45) is 16.5. The number of hydrogen-bond donors (Lipinski definition) is 1. The van der Waals surface area contributed by atoms with E-state index >= 15 is 0 Å². The number of allylic oxidation sites excluding steroid dienone is 4. The summed E-state index contributed by atoms with van der Waals surface area (Å²) in [6, 6.07) is 3.79. The minimum atomic E-state index is -0.665. The number of rotatable bonds is 1. The highest BCUT2D eigenvalue weighted by Gasteiger charge is 2.44. The van der Waals surface area contributed by atoms with Crippen LogP contribution in [0.4, 0.5) is 0 Å². The molecule has 1 spiro atoms. The van der Waals surface area contributed by atoms with Crippen molar-refractivity contribution >= 4 is 17.8 Å². The van der Waals surface area contributed by atoms with Gasteiger partial charge in [0.15, 0.2) is 11.4 Å². The summed E-state index contributed by atoms with van der Waals surface area (Å²) in [4.78, 5) is 12.6. The molecule has 3 heterocycles. The quantitative estimate of drug-likeness (QED) is 0.807. The van der Waals surface area contributed by atoms with E-state index in [1.165, 1.54) is 0 Å². The first kappa shape index (κ1) is 16.6. The van der Waals surface area contributed by atoms with Crippen LogP contribution in [0.5, 0.6) is 5.75 Å². The number of carbonyl (C=O) groups is 1. The molecule has 3 aliphatic heterocycles. The maximum Gasteiger partial charge on any atom is 0.257 e. The van der Waals surface area contributed by atoms with Gasteiger partial charge in [-0.2, -0.15) is 5.10 Å². The molecule has 1 saturated heterocycles. The zero-order valence-corrected chi connectivity index (χ0v) is 15.7. The van der Waals surface area contributed by atoms with E-state index in [9.17, 15) is 4.79 Å². The Morgan fingerprint density at radius 1 is 1.07 bits per heavy atom. The maximum absolute atomic E-state index is 12.6. The Bertz CT molecular complexity index is 1120. The van der Waals surface area contributed by atoms with Crippen molar-refractivity contribution in [3.63, 3.8) is 0 Å². The van der Waals surface area contributed by atoms with E-state index in [1.807, 2.05) is 35.4 Å². The SMILES string of the molecule is O=C1NC(=NN2CCOCC2)c2c1ccc1c2OC23C=CC=CC2=CC=CC3=C1. The van der Waals surface area contributed by atoms with Crippen LogP contribution in [0.2, 0.25) is 0 Å². The number of amides is 1. The van der Waals surface area contributed by atoms with E-state index in [0.717, 1.165) is 22.3 Å². The van der Waals surface area contributed by atoms with E-state index in [0.29, 0.717) is 43.5 Å². The van der Waals surface area contributed by atoms with E-state index in [4.69, 9.17) is 14.6 Å². The molecule has 1 atom stereocenters. The molecule has 6 heteroatoms. The Labute approximate surface area is 168 Å². The molecule has 1 amide bonds. The lowest BCUT2D eigenvalue weighted by Gasteiger charge is -2.40. The number of benzene rings is 1. The van der Waals surface area contributed by atoms with Crippen LogP contribution in [-0.4, -0.2) is 48.7 Å². The molecule has 0 bridgehead atoms. The molecular formula is C23H19N3O3. The predicted molar refractivity (Wildman–Crippen MR) is 110 cm³/mol. The van der Waals surface area contributed by atoms with Crippen LogP contribution in [0.1, 0.15) is 21.5 Å². The highest BCUT2D eigenvalue weighted by atomic mass is 16.5. The topological polar surface area (TPSA) is 63.2 Å². The zero-order valence-electron chi connectivity index (χ0n) is 15.7. The van der Waals surface area contributed by atoms with E-state index < -0.39 is 5.60 Å². The smallest absolute Gasteiger partial charge is 0.257 e. The first-order chi connectivity index (χ1) is 14.2. The normalized spacial score (nSPS) is 27.4. The summed E-state index contributed by atoms with van der Waals surface area (Å²) in [6.45, 7) is 2.66. The van der Waals surface area contributed by atoms with Gasteiger partial charge in [-0.15, -0.1) is 0 Å². The molecule has 6 nitrogen and oxygen atoms in total. The minimum Gasteiger partial charge on any atom is -0.472 e. The summed E-state index contributed by atoms with van der Waals surface area (Å²) in [5.74, 6) is 1.09. The fourth-order valence-electron chi connectivity index (χ4n) is 4.38. The van der Waals surface area contributed by atoms with Gasteiger partial charge in [-0.05, 0) is 18.2 Å². The zero-order chi connectivity index (χ0) is 19.4. The third kappa shape index (κ3) is 2.39. The van der Waals surface area contributed by atoms with Crippen LogP contribution in [0.3, 0.4) is 0 Å². The second kappa shape index (κ2) is 6.06. The molecule has 144 valence electrons. The largest absolute Gasteiger partial charge is 0.472 e. The molecule has 6 rings (SSSR count). The van der Waals surface area contributed by atoms with Crippen molar-refractivity contribution in [2.24, 2.45) is 5.10 Å². The van der Waals surface area contributed by atoms with Crippen molar-refractivity contribution in [1.29, 1.82) is 0 Å². The molecule has 0 saturated carbocycles. The Kier molecular flexibility index (Phi) is 3.46. The lowest BCUT2D eigenvalue weighted by Crippen LogP contribution is -2.41. The fourth-order valence-corrected chi connectivity index (χ4v) is 4.38. The van der Waals surface area contributed by atoms with Crippen LogP contribution in [0.25, 0.3) is 6.08 Å². The summed E-state index contributed by atoms with van der Waals surface area (Å²) >= 11 is 0. The van der Waals surface area contributed by atoms with Crippen LogP contribution in [-0.2, 0) is 4.74 Å². The van der Waals surface area contributed by atoms with Gasteiger partial charge in [0.2, 0.25) is 0 Å². The highest BCUT2D eigenvalue weighted by molar-refractivity contribution is 6.25. The van der Waals surface area contributed by atoms with Gasteiger partial charge in [0, 0.05) is 16.7 Å². The first-order valence-corrected chi connectivity index (χ1v) is 9.81. The average molecular weight is 385 g/mol. The predicted octanol–water partition coefficient (Wildman–Crippen LogP) is 2.56. The van der Waals surface area contributed by atoms with Gasteiger partial charge < -0.3 is 14.8 Å². The number of nitrogens with zero attached hydrogens (tertiary/aromatic N) is 2. The molecule has 1 aromatic carbocycles. The van der Waals surface area contributed by atoms with Crippen LogP contribution < -0.4 is 10.1 Å². The van der Waals surface area contributed by atoms with Gasteiger partial charge in [0.25, 0.3) is 5.91 Å². The van der Waals surface area contributed by atoms with Gasteiger partial charge >= 0.3 is 0 Å². The van der Waals surface area contributed by atoms with Crippen molar-refractivity contribution < 1.29 is 14.3 Å². The lowest BCUT2D eigenvalue weighted by atomic mass is 9.77. The highest BCUT2D eigenvalue weighted by Crippen LogP contribution is 2.47. The number of morpholine rings is 1. The van der Waals surface area contributed by atoms with E-state index in [-0.39, 0.29) is 5.91 Å². The summed E-state index contributed by atoms with van der Waals surface area (Å²) in [7, 11) is 0. The molecule has 0 radical (unpaired) electrons. The second-order valence-electron chi connectivity index (χ2n) is 7.51. The summed E-state index contributed by atoms with van der Waals surface area (Å²) in [5, 5.41) is 9.58. The molecule has 1 N–H and O–H groups in total. The van der Waals surface area contributed by atoms with Crippen molar-refractivity contribution in [1.82, 2.24) is 10.3 Å². The van der Waals surface area contributed by atoms with E-state index in [1.54, 1.807) is 0 Å². The average Bonchev–Trinajstić information content (AvgIpc) is 3.07. The molecule has 1 fully saturated rings. The van der Waals surface area contributed by atoms with Crippen molar-refractivity contribution in [2.45, 2.75) is 5.60 Å². The van der Waals surface area contributed by atoms with Crippen LogP contribution >= 0.6 is 0 Å². The van der Waals surface area contributed by atoms with E-state index in [2.05, 4.69) is 35.7 Å². The number of amidine groups is 1. The molecule has 1 unspecified atom stereocenters. The fraction of sp³-hybridized carbons (Fsp3) is 0.217. The number of nitrogens with one attached hydrogen (secondary N) is 1. The number of ether oxygens (including phenoxy) is 2. The number of fused-ring (bicyclic) bond motifs is 3. The minimum absolute atomic E-state index is 0.149. The number of hydrazone groups is 1. The maximum atomic E-state index is 12.6. The summed E-state index contributed by atoms with van der Waals surface area (Å²) < 4.78 is 12.1. The van der Waals surface area contributed by atoms with Crippen molar-refractivity contribution in [3.05, 3.63) is 82.5 Å². The standard InChI is InChI=1S/C23H19N3O3/c27-22-18-8-7-15-14-17-6-3-5-16-4-1-2-9-23(16,17)29-20(15)19(18)21(24-22)25-26-10-12-28-13-11-26/h1-9,14H,10-13H2,(H,24,25,27). The summed E-state index contributed by atoms with van der Waals surface area (Å²) in [5.41, 5.74) is 3.76. The first-order valence-electron chi connectivity index (χ1n) is 9.81. The van der Waals surface area contributed by atoms with Gasteiger partial charge in [0.1, 0.15) is 5.75 Å². The third-order valence-corrected chi connectivity index (χ3v) is 5.83. The van der Waals surface area contributed by atoms with Crippen molar-refractivity contribution in [3.8, 4) is 5.75 Å². The molecule has 5 aliphatic rings. The second-order valence-corrected chi connectivity index (χ2v) is 7.51. The van der Waals surface area contributed by atoms with Crippen LogP contribution in [0.15, 0.2) is 70.9 Å².